The summed E-state index contributed by atoms with van der Waals surface area (Å²) in [7, 11) is 0. The molecule has 1 aromatic heterocycles. The Morgan fingerprint density at radius 2 is 2.12 bits per heavy atom. The van der Waals surface area contributed by atoms with Gasteiger partial charge < -0.3 is 10.4 Å². The monoisotopic (exact) mass is 287 g/mol. The highest BCUT2D eigenvalue weighted by Crippen LogP contribution is 2.19. The number of aromatic nitrogens is 2. The van der Waals surface area contributed by atoms with Crippen LogP contribution in [0.1, 0.15) is 33.5 Å². The number of halogens is 1. The maximum atomic E-state index is 9.62. The van der Waals surface area contributed by atoms with Crippen LogP contribution in [0.25, 0.3) is 0 Å². The first kappa shape index (κ1) is 13.4. The molecule has 1 unspecified atom stereocenters. The molecule has 0 aliphatic rings. The van der Waals surface area contributed by atoms with Crippen molar-refractivity contribution < 1.29 is 5.11 Å². The molecule has 0 spiro atoms. The number of nitrogens with one attached hydrogen (secondary N) is 1. The average molecular weight is 288 g/mol. The lowest BCUT2D eigenvalue weighted by Crippen LogP contribution is -2.42. The van der Waals surface area contributed by atoms with Gasteiger partial charge in [-0.2, -0.15) is 0 Å². The molecule has 0 saturated carbocycles. The molecule has 1 atom stereocenters. The first-order chi connectivity index (χ1) is 7.35. The molecule has 16 heavy (non-hydrogen) atoms. The van der Waals surface area contributed by atoms with Crippen molar-refractivity contribution in [3.63, 3.8) is 0 Å². The van der Waals surface area contributed by atoms with E-state index in [0.717, 1.165) is 22.7 Å². The summed E-state index contributed by atoms with van der Waals surface area (Å²) in [6.45, 7) is 7.62. The van der Waals surface area contributed by atoms with Crippen LogP contribution in [0.15, 0.2) is 10.7 Å². The van der Waals surface area contributed by atoms with Gasteiger partial charge in [-0.05, 0) is 36.7 Å². The number of nitrogens with zero attached hydrogens (tertiary/aromatic N) is 2. The van der Waals surface area contributed by atoms with Crippen molar-refractivity contribution >= 4 is 21.7 Å². The average Bonchev–Trinajstić information content (AvgIpc) is 2.15. The molecule has 0 bridgehead atoms. The summed E-state index contributed by atoms with van der Waals surface area (Å²) in [5.74, 6) is 1.50. The predicted octanol–water partition coefficient (Wildman–Crippen LogP) is 2.37. The van der Waals surface area contributed by atoms with Crippen LogP contribution in [0, 0.1) is 0 Å². The van der Waals surface area contributed by atoms with Crippen LogP contribution in [-0.4, -0.2) is 26.7 Å². The lowest BCUT2D eigenvalue weighted by molar-refractivity contribution is 0.133. The summed E-state index contributed by atoms with van der Waals surface area (Å²) in [4.78, 5) is 8.59. The minimum atomic E-state index is -0.466. The number of anilines is 1. The summed E-state index contributed by atoms with van der Waals surface area (Å²) < 4.78 is 0.753. The Morgan fingerprint density at radius 3 is 2.62 bits per heavy atom. The van der Waals surface area contributed by atoms with E-state index < -0.39 is 11.6 Å². The quantitative estimate of drug-likeness (QED) is 0.835. The molecule has 1 rings (SSSR count). The Labute approximate surface area is 105 Å². The van der Waals surface area contributed by atoms with Gasteiger partial charge in [0.2, 0.25) is 0 Å². The molecule has 5 heteroatoms. The molecule has 1 aromatic rings. The van der Waals surface area contributed by atoms with E-state index in [4.69, 9.17) is 0 Å². The highest BCUT2D eigenvalue weighted by molar-refractivity contribution is 9.10. The second-order valence-electron chi connectivity index (χ2n) is 4.37. The van der Waals surface area contributed by atoms with Crippen LogP contribution in [0.2, 0.25) is 0 Å². The fourth-order valence-corrected chi connectivity index (χ4v) is 1.54. The Morgan fingerprint density at radius 1 is 1.50 bits per heavy atom. The zero-order valence-corrected chi connectivity index (χ0v) is 11.7. The molecule has 0 aliphatic heterocycles. The summed E-state index contributed by atoms with van der Waals surface area (Å²) >= 11 is 3.34. The summed E-state index contributed by atoms with van der Waals surface area (Å²) in [6, 6.07) is 1.81. The second-order valence-corrected chi connectivity index (χ2v) is 5.18. The van der Waals surface area contributed by atoms with Crippen molar-refractivity contribution in [2.45, 2.75) is 45.8 Å². The molecular formula is C11H18BrN3O. The number of rotatable bonds is 4. The van der Waals surface area contributed by atoms with Crippen molar-refractivity contribution in [3.05, 3.63) is 16.5 Å². The van der Waals surface area contributed by atoms with Crippen molar-refractivity contribution in [1.29, 1.82) is 0 Å². The van der Waals surface area contributed by atoms with Crippen LogP contribution < -0.4 is 5.32 Å². The standard InChI is InChI=1S/C11H18BrN3O/c1-5-9-13-8(12)6-10(14-9)15-11(3,4)7(2)16/h6-7,16H,5H2,1-4H3,(H,13,14,15). The van der Waals surface area contributed by atoms with E-state index in [1.54, 1.807) is 6.92 Å². The van der Waals surface area contributed by atoms with E-state index in [1.165, 1.54) is 0 Å². The van der Waals surface area contributed by atoms with E-state index in [1.807, 2.05) is 26.8 Å². The highest BCUT2D eigenvalue weighted by atomic mass is 79.9. The van der Waals surface area contributed by atoms with Gasteiger partial charge in [0, 0.05) is 12.5 Å². The first-order valence-corrected chi connectivity index (χ1v) is 6.14. The van der Waals surface area contributed by atoms with Crippen LogP contribution in [0.5, 0.6) is 0 Å². The maximum absolute atomic E-state index is 9.62. The van der Waals surface area contributed by atoms with Crippen LogP contribution in [-0.2, 0) is 6.42 Å². The van der Waals surface area contributed by atoms with Crippen LogP contribution in [0.4, 0.5) is 5.82 Å². The number of aryl methyl sites for hydroxylation is 1. The Hall–Kier alpha value is -0.680. The smallest absolute Gasteiger partial charge is 0.131 e. The summed E-state index contributed by atoms with van der Waals surface area (Å²) in [5, 5.41) is 12.8. The van der Waals surface area contributed by atoms with Crippen molar-refractivity contribution in [1.82, 2.24) is 9.97 Å². The van der Waals surface area contributed by atoms with Gasteiger partial charge in [-0.3, -0.25) is 0 Å². The Bertz CT molecular complexity index is 366. The van der Waals surface area contributed by atoms with E-state index in [9.17, 15) is 5.11 Å². The highest BCUT2D eigenvalue weighted by Gasteiger charge is 2.24. The molecule has 90 valence electrons. The molecule has 2 N–H and O–H groups in total. The van der Waals surface area contributed by atoms with Gasteiger partial charge in [-0.15, -0.1) is 0 Å². The first-order valence-electron chi connectivity index (χ1n) is 5.35. The van der Waals surface area contributed by atoms with E-state index in [2.05, 4.69) is 31.2 Å². The molecule has 0 amide bonds. The number of hydrogen-bond acceptors (Lipinski definition) is 4. The number of hydrogen-bond donors (Lipinski definition) is 2. The van der Waals surface area contributed by atoms with Crippen molar-refractivity contribution in [2.75, 3.05) is 5.32 Å². The van der Waals surface area contributed by atoms with Gasteiger partial charge in [-0.25, -0.2) is 9.97 Å². The molecule has 0 fully saturated rings. The largest absolute Gasteiger partial charge is 0.391 e. The van der Waals surface area contributed by atoms with Crippen LogP contribution in [0.3, 0.4) is 0 Å². The van der Waals surface area contributed by atoms with E-state index in [-0.39, 0.29) is 0 Å². The van der Waals surface area contributed by atoms with E-state index in [0.29, 0.717) is 0 Å². The van der Waals surface area contributed by atoms with Crippen molar-refractivity contribution in [2.24, 2.45) is 0 Å². The topological polar surface area (TPSA) is 58.0 Å². The molecular weight excluding hydrogens is 270 g/mol. The zero-order valence-electron chi connectivity index (χ0n) is 10.1. The Balaban J connectivity index is 2.93. The lowest BCUT2D eigenvalue weighted by Gasteiger charge is -2.30. The number of aliphatic hydroxyl groups excluding tert-OH is 1. The van der Waals surface area contributed by atoms with Gasteiger partial charge in [0.1, 0.15) is 16.2 Å². The van der Waals surface area contributed by atoms with Gasteiger partial charge in [-0.1, -0.05) is 6.92 Å². The SMILES string of the molecule is CCc1nc(Br)cc(NC(C)(C)C(C)O)n1. The van der Waals surface area contributed by atoms with Crippen LogP contribution >= 0.6 is 15.9 Å². The fraction of sp³-hybridized carbons (Fsp3) is 0.636. The predicted molar refractivity (Wildman–Crippen MR) is 68.5 cm³/mol. The number of aliphatic hydroxyl groups is 1. The summed E-state index contributed by atoms with van der Waals surface area (Å²) in [6.07, 6.45) is 0.315. The third kappa shape index (κ3) is 3.42. The molecule has 4 nitrogen and oxygen atoms in total. The van der Waals surface area contributed by atoms with Gasteiger partial charge in [0.15, 0.2) is 0 Å². The Kier molecular flexibility index (Phi) is 4.27. The minimum Gasteiger partial charge on any atom is -0.391 e. The molecule has 0 saturated heterocycles. The molecule has 1 heterocycles. The lowest BCUT2D eigenvalue weighted by atomic mass is 9.99. The molecule has 0 aliphatic carbocycles. The zero-order chi connectivity index (χ0) is 12.3. The second kappa shape index (κ2) is 5.10. The third-order valence-electron chi connectivity index (χ3n) is 2.55. The maximum Gasteiger partial charge on any atom is 0.131 e. The molecule has 0 aromatic carbocycles. The van der Waals surface area contributed by atoms with E-state index >= 15 is 0 Å². The van der Waals surface area contributed by atoms with Crippen molar-refractivity contribution in [3.8, 4) is 0 Å². The van der Waals surface area contributed by atoms with Gasteiger partial charge in [0.05, 0.1) is 11.6 Å². The van der Waals surface area contributed by atoms with Gasteiger partial charge in [0.25, 0.3) is 0 Å². The normalized spacial score (nSPS) is 13.6. The third-order valence-corrected chi connectivity index (χ3v) is 2.96. The fourth-order valence-electron chi connectivity index (χ4n) is 1.12. The van der Waals surface area contributed by atoms with Gasteiger partial charge >= 0.3 is 0 Å². The minimum absolute atomic E-state index is 0.418. The molecule has 0 radical (unpaired) electrons. The summed E-state index contributed by atoms with van der Waals surface area (Å²) in [5.41, 5.74) is -0.418.